The molecule has 0 saturated carbocycles. The van der Waals surface area contributed by atoms with E-state index < -0.39 is 0 Å². The molecular formula is C32H62O. The Bertz CT molecular complexity index is 419. The van der Waals surface area contributed by atoms with Gasteiger partial charge in [0.1, 0.15) is 0 Å². The van der Waals surface area contributed by atoms with Gasteiger partial charge in [-0.15, -0.1) is 0 Å². The van der Waals surface area contributed by atoms with Gasteiger partial charge in [0.05, 0.1) is 12.2 Å². The lowest BCUT2D eigenvalue weighted by atomic mass is 9.99. The quantitative estimate of drug-likeness (QED) is 0.102. The molecule has 33 heavy (non-hydrogen) atoms. The maximum Gasteiger partial charge on any atom is 0.0766 e. The average Bonchev–Trinajstić information content (AvgIpc) is 2.83. The van der Waals surface area contributed by atoms with Gasteiger partial charge in [-0.2, -0.15) is 0 Å². The van der Waals surface area contributed by atoms with Crippen molar-refractivity contribution in [2.75, 3.05) is 0 Å². The smallest absolute Gasteiger partial charge is 0.0766 e. The van der Waals surface area contributed by atoms with E-state index in [0.29, 0.717) is 12.2 Å². The predicted octanol–water partition coefficient (Wildman–Crippen LogP) is 11.5. The highest BCUT2D eigenvalue weighted by atomic mass is 16.5. The third-order valence-electron chi connectivity index (χ3n) is 6.99. The van der Waals surface area contributed by atoms with Gasteiger partial charge in [0, 0.05) is 0 Å². The van der Waals surface area contributed by atoms with E-state index in [-0.39, 0.29) is 0 Å². The van der Waals surface area contributed by atoms with E-state index in [4.69, 9.17) is 4.74 Å². The van der Waals surface area contributed by atoms with Crippen LogP contribution in [-0.4, -0.2) is 12.2 Å². The van der Waals surface area contributed by atoms with Gasteiger partial charge in [0.15, 0.2) is 0 Å². The lowest BCUT2D eigenvalue weighted by Gasteiger charge is -2.24. The van der Waals surface area contributed by atoms with E-state index in [1.807, 2.05) is 0 Å². The summed E-state index contributed by atoms with van der Waals surface area (Å²) in [6.45, 7) is 13.9. The minimum absolute atomic E-state index is 0.291. The van der Waals surface area contributed by atoms with Gasteiger partial charge in [-0.05, 0) is 51.4 Å². The zero-order valence-electron chi connectivity index (χ0n) is 23.9. The van der Waals surface area contributed by atoms with Crippen LogP contribution in [0, 0.1) is 0 Å². The Balaban J connectivity index is 5.35. The third kappa shape index (κ3) is 19.4. The Morgan fingerprint density at radius 2 is 0.848 bits per heavy atom. The maximum absolute atomic E-state index is 6.94. The van der Waals surface area contributed by atoms with Crippen LogP contribution in [0.15, 0.2) is 23.3 Å². The molecule has 0 N–H and O–H groups in total. The van der Waals surface area contributed by atoms with Gasteiger partial charge in [0.25, 0.3) is 0 Å². The van der Waals surface area contributed by atoms with Crippen molar-refractivity contribution in [1.29, 1.82) is 0 Å². The molecule has 0 bridgehead atoms. The van der Waals surface area contributed by atoms with Gasteiger partial charge in [-0.3, -0.25) is 0 Å². The van der Waals surface area contributed by atoms with Crippen molar-refractivity contribution in [2.24, 2.45) is 0 Å². The first kappa shape index (κ1) is 32.4. The normalized spacial score (nSPS) is 14.6. The molecule has 0 aliphatic carbocycles. The van der Waals surface area contributed by atoms with E-state index >= 15 is 0 Å². The number of hydrogen-bond donors (Lipinski definition) is 0. The molecule has 0 radical (unpaired) electrons. The van der Waals surface area contributed by atoms with Crippen molar-refractivity contribution in [1.82, 2.24) is 0 Å². The first-order valence-electron chi connectivity index (χ1n) is 15.2. The highest BCUT2D eigenvalue weighted by molar-refractivity contribution is 5.08. The topological polar surface area (TPSA) is 9.23 Å². The Morgan fingerprint density at radius 1 is 0.485 bits per heavy atom. The molecule has 0 aliphatic heterocycles. The second-order valence-corrected chi connectivity index (χ2v) is 10.2. The molecule has 0 fully saturated rings. The lowest BCUT2D eigenvalue weighted by Crippen LogP contribution is -2.20. The SMILES string of the molecule is CCCCCCCC(C=C(CC)CCCC)OC(C=C(CC)CCCC)CCCCCCC. The molecule has 0 rings (SSSR count). The number of rotatable bonds is 24. The summed E-state index contributed by atoms with van der Waals surface area (Å²) in [5, 5.41) is 0. The van der Waals surface area contributed by atoms with Gasteiger partial charge in [-0.25, -0.2) is 0 Å². The van der Waals surface area contributed by atoms with Crippen LogP contribution in [0.25, 0.3) is 0 Å². The highest BCUT2D eigenvalue weighted by Crippen LogP contribution is 2.23. The van der Waals surface area contributed by atoms with Gasteiger partial charge < -0.3 is 4.74 Å². The number of unbranched alkanes of at least 4 members (excludes halogenated alkanes) is 10. The number of hydrogen-bond acceptors (Lipinski definition) is 1. The molecule has 0 amide bonds. The van der Waals surface area contributed by atoms with Crippen LogP contribution in [0.3, 0.4) is 0 Å². The summed E-state index contributed by atoms with van der Waals surface area (Å²) < 4.78 is 6.94. The molecule has 1 nitrogen and oxygen atoms in total. The summed E-state index contributed by atoms with van der Waals surface area (Å²) in [6, 6.07) is 0. The van der Waals surface area contributed by atoms with Crippen molar-refractivity contribution in [3.05, 3.63) is 23.3 Å². The molecule has 196 valence electrons. The largest absolute Gasteiger partial charge is 0.367 e. The second-order valence-electron chi connectivity index (χ2n) is 10.2. The van der Waals surface area contributed by atoms with E-state index in [1.165, 1.54) is 128 Å². The van der Waals surface area contributed by atoms with Crippen molar-refractivity contribution in [3.63, 3.8) is 0 Å². The van der Waals surface area contributed by atoms with Gasteiger partial charge in [0.2, 0.25) is 0 Å². The fraction of sp³-hybridized carbons (Fsp3) is 0.875. The Hall–Kier alpha value is -0.560. The van der Waals surface area contributed by atoms with Crippen LogP contribution >= 0.6 is 0 Å². The van der Waals surface area contributed by atoms with Gasteiger partial charge >= 0.3 is 0 Å². The zero-order chi connectivity index (χ0) is 24.6. The Kier molecular flexibility index (Phi) is 24.1. The van der Waals surface area contributed by atoms with Crippen molar-refractivity contribution in [2.45, 2.75) is 182 Å². The molecule has 2 atom stereocenters. The predicted molar refractivity (Wildman–Crippen MR) is 151 cm³/mol. The van der Waals surface area contributed by atoms with Crippen molar-refractivity contribution < 1.29 is 4.74 Å². The maximum atomic E-state index is 6.94. The van der Waals surface area contributed by atoms with Crippen LogP contribution in [0.4, 0.5) is 0 Å². The Labute approximate surface area is 210 Å². The standard InChI is InChI=1S/C32H62O/c1-7-13-17-19-21-25-31(27-29(11-5)23-15-9-3)33-32(26-22-20-18-14-8-2)28-30(12-6)24-16-10-4/h27-28,31-32H,7-26H2,1-6H3. The molecule has 0 aliphatic rings. The van der Waals surface area contributed by atoms with Crippen LogP contribution < -0.4 is 0 Å². The summed E-state index contributed by atoms with van der Waals surface area (Å²) in [7, 11) is 0. The van der Waals surface area contributed by atoms with E-state index in [2.05, 4.69) is 53.7 Å². The fourth-order valence-corrected chi connectivity index (χ4v) is 4.59. The zero-order valence-corrected chi connectivity index (χ0v) is 23.9. The number of ether oxygens (including phenoxy) is 1. The molecule has 0 aromatic rings. The molecule has 0 heterocycles. The van der Waals surface area contributed by atoms with E-state index in [9.17, 15) is 0 Å². The average molecular weight is 463 g/mol. The molecular weight excluding hydrogens is 400 g/mol. The summed E-state index contributed by atoms with van der Waals surface area (Å²) in [6.07, 6.45) is 31.5. The van der Waals surface area contributed by atoms with E-state index in [0.717, 1.165) is 0 Å². The summed E-state index contributed by atoms with van der Waals surface area (Å²) in [5.41, 5.74) is 3.23. The first-order chi connectivity index (χ1) is 16.1. The van der Waals surface area contributed by atoms with Crippen LogP contribution in [0.1, 0.15) is 170 Å². The number of allylic oxidation sites excluding steroid dienone is 2. The Morgan fingerprint density at radius 3 is 1.18 bits per heavy atom. The molecule has 0 saturated heterocycles. The van der Waals surface area contributed by atoms with Crippen molar-refractivity contribution >= 4 is 0 Å². The van der Waals surface area contributed by atoms with Crippen LogP contribution in [0.2, 0.25) is 0 Å². The highest BCUT2D eigenvalue weighted by Gasteiger charge is 2.15. The molecule has 0 aromatic heterocycles. The van der Waals surface area contributed by atoms with Crippen molar-refractivity contribution in [3.8, 4) is 0 Å². The van der Waals surface area contributed by atoms with Crippen LogP contribution in [0.5, 0.6) is 0 Å². The van der Waals surface area contributed by atoms with E-state index in [1.54, 1.807) is 11.1 Å². The fourth-order valence-electron chi connectivity index (χ4n) is 4.59. The summed E-state index contributed by atoms with van der Waals surface area (Å²) >= 11 is 0. The monoisotopic (exact) mass is 462 g/mol. The molecule has 1 heteroatoms. The first-order valence-corrected chi connectivity index (χ1v) is 15.2. The molecule has 2 unspecified atom stereocenters. The molecule has 0 spiro atoms. The summed E-state index contributed by atoms with van der Waals surface area (Å²) in [4.78, 5) is 0. The third-order valence-corrected chi connectivity index (χ3v) is 6.99. The molecule has 0 aromatic carbocycles. The second kappa shape index (κ2) is 24.6. The lowest BCUT2D eigenvalue weighted by molar-refractivity contribution is 0.0283. The van der Waals surface area contributed by atoms with Gasteiger partial charge in [-0.1, -0.05) is 142 Å². The van der Waals surface area contributed by atoms with Crippen LogP contribution in [-0.2, 0) is 4.74 Å². The minimum atomic E-state index is 0.291. The minimum Gasteiger partial charge on any atom is -0.367 e. The summed E-state index contributed by atoms with van der Waals surface area (Å²) in [5.74, 6) is 0.